The number of hydrogen-bond donors (Lipinski definition) is 0. The smallest absolute Gasteiger partial charge is 0.456 e. The monoisotopic (exact) mass is 718 g/mol. The molecule has 3 atom stereocenters. The molecule has 0 N–H and O–H groups in total. The first-order chi connectivity index (χ1) is 21.9. The van der Waals surface area contributed by atoms with Crippen molar-refractivity contribution >= 4 is 45.4 Å². The van der Waals surface area contributed by atoms with Gasteiger partial charge in [0, 0.05) is 23.5 Å². The summed E-state index contributed by atoms with van der Waals surface area (Å²) in [6.07, 6.45) is -2.60. The van der Waals surface area contributed by atoms with Crippen LogP contribution in [-0.4, -0.2) is 71.9 Å². The van der Waals surface area contributed by atoms with Crippen LogP contribution < -0.4 is 0 Å². The number of aliphatic imine (C=N–C) groups is 3. The van der Waals surface area contributed by atoms with E-state index in [0.29, 0.717) is 22.0 Å². The van der Waals surface area contributed by atoms with E-state index in [-0.39, 0.29) is 35.5 Å². The van der Waals surface area contributed by atoms with Gasteiger partial charge in [0.25, 0.3) is 0 Å². The minimum absolute atomic E-state index is 0.0221. The molecule has 6 nitrogen and oxygen atoms in total. The minimum Gasteiger partial charge on any atom is -0.486 e. The van der Waals surface area contributed by atoms with Gasteiger partial charge in [-0.1, -0.05) is 54.2 Å². The Balaban J connectivity index is 1.68. The van der Waals surface area contributed by atoms with Crippen molar-refractivity contribution in [3.63, 3.8) is 0 Å². The van der Waals surface area contributed by atoms with Crippen LogP contribution in [0.4, 0.5) is 43.9 Å². The normalized spacial score (nSPS) is 21.2. The molecular formula is C29H28F10N4O2S2. The molecule has 3 unspecified atom stereocenters. The van der Waals surface area contributed by atoms with Crippen LogP contribution in [0.25, 0.3) is 5.70 Å². The highest BCUT2D eigenvalue weighted by atomic mass is 33.1. The number of ether oxygens (including phenoxy) is 2. The zero-order valence-electron chi connectivity index (χ0n) is 24.7. The van der Waals surface area contributed by atoms with Crippen LogP contribution >= 0.6 is 21.6 Å². The second-order valence-corrected chi connectivity index (χ2v) is 12.4. The van der Waals surface area contributed by atoms with Crippen LogP contribution in [0.3, 0.4) is 0 Å². The Hall–Kier alpha value is -3.12. The van der Waals surface area contributed by atoms with E-state index in [9.17, 15) is 43.9 Å². The molecular weight excluding hydrogens is 690 g/mol. The van der Waals surface area contributed by atoms with E-state index in [1.807, 2.05) is 13.0 Å². The number of allylic oxidation sites excluding steroid dienone is 4. The lowest BCUT2D eigenvalue weighted by Crippen LogP contribution is -2.42. The van der Waals surface area contributed by atoms with Crippen molar-refractivity contribution < 1.29 is 53.4 Å². The average molecular weight is 719 g/mol. The maximum absolute atomic E-state index is 13.4. The fourth-order valence-electron chi connectivity index (χ4n) is 3.69. The Bertz CT molecular complexity index is 1450. The molecule has 0 saturated carbocycles. The van der Waals surface area contributed by atoms with Crippen molar-refractivity contribution in [2.75, 3.05) is 13.2 Å². The van der Waals surface area contributed by atoms with Gasteiger partial charge in [0.2, 0.25) is 0 Å². The van der Waals surface area contributed by atoms with E-state index >= 15 is 0 Å². The van der Waals surface area contributed by atoms with Crippen molar-refractivity contribution in [1.29, 1.82) is 0 Å². The average Bonchev–Trinajstić information content (AvgIpc) is 3.00. The summed E-state index contributed by atoms with van der Waals surface area (Å²) in [5.74, 6) is -10.5. The molecule has 1 aromatic heterocycles. The van der Waals surface area contributed by atoms with E-state index in [1.54, 1.807) is 19.1 Å². The number of halogens is 10. The first-order valence-corrected chi connectivity index (χ1v) is 15.9. The van der Waals surface area contributed by atoms with E-state index in [2.05, 4.69) is 26.5 Å². The molecule has 0 bridgehead atoms. The standard InChI is InChI=1S/C29H28F10N4O2S2/c1-4-6-19(44-15-26(30,31)28(34,35)36)13-42-18(3)23-25(17(2)10-12-41-23)47-46-22-7-5-11-40-24(22)21-9-8-20(14-43-21)45-16-27(32,33)29(37,38)39/h5-7,9-14,17,20,25H,3-4,8,15-16H2,1-2H3/b19-6+,42-13?. The first-order valence-electron chi connectivity index (χ1n) is 13.7. The first kappa shape index (κ1) is 38.3. The van der Waals surface area contributed by atoms with Gasteiger partial charge in [-0.25, -0.2) is 0 Å². The summed E-state index contributed by atoms with van der Waals surface area (Å²) in [7, 11) is 2.63. The Morgan fingerprint density at radius 2 is 1.74 bits per heavy atom. The molecule has 0 radical (unpaired) electrons. The second-order valence-electron chi connectivity index (χ2n) is 10.0. The van der Waals surface area contributed by atoms with Crippen LogP contribution in [0.2, 0.25) is 0 Å². The van der Waals surface area contributed by atoms with Gasteiger partial charge in [0.1, 0.15) is 18.1 Å². The summed E-state index contributed by atoms with van der Waals surface area (Å²) in [6.45, 7) is 3.64. The van der Waals surface area contributed by atoms with Crippen molar-refractivity contribution in [2.24, 2.45) is 20.9 Å². The topological polar surface area (TPSA) is 68.4 Å². The lowest BCUT2D eigenvalue weighted by molar-refractivity contribution is -0.298. The molecule has 0 amide bonds. The number of pyridine rings is 1. The zero-order valence-corrected chi connectivity index (χ0v) is 26.3. The van der Waals surface area contributed by atoms with E-state index in [0.717, 1.165) is 12.4 Å². The summed E-state index contributed by atoms with van der Waals surface area (Å²) < 4.78 is 138. The largest absolute Gasteiger partial charge is 0.486 e. The lowest BCUT2D eigenvalue weighted by Gasteiger charge is -2.25. The molecule has 0 fully saturated rings. The third kappa shape index (κ3) is 10.4. The van der Waals surface area contributed by atoms with Crippen LogP contribution in [0.15, 0.2) is 80.7 Å². The van der Waals surface area contributed by atoms with Gasteiger partial charge >= 0.3 is 24.2 Å². The van der Waals surface area contributed by atoms with E-state index < -0.39 is 43.5 Å². The molecule has 0 aliphatic carbocycles. The number of rotatable bonds is 14. The van der Waals surface area contributed by atoms with Crippen molar-refractivity contribution in [3.8, 4) is 0 Å². The fraction of sp³-hybridized carbons (Fsp3) is 0.448. The van der Waals surface area contributed by atoms with Crippen LogP contribution in [0, 0.1) is 5.92 Å². The Kier molecular flexibility index (Phi) is 12.9. The summed E-state index contributed by atoms with van der Waals surface area (Å²) >= 11 is 0. The maximum Gasteiger partial charge on any atom is 0.456 e. The molecule has 0 aromatic carbocycles. The zero-order chi connectivity index (χ0) is 35.0. The van der Waals surface area contributed by atoms with Crippen molar-refractivity contribution in [1.82, 2.24) is 4.98 Å². The van der Waals surface area contributed by atoms with Gasteiger partial charge in [-0.3, -0.25) is 20.0 Å². The molecule has 3 heterocycles. The van der Waals surface area contributed by atoms with E-state index in [1.165, 1.54) is 46.1 Å². The molecule has 0 spiro atoms. The molecule has 2 aliphatic heterocycles. The van der Waals surface area contributed by atoms with Gasteiger partial charge in [-0.2, -0.15) is 43.9 Å². The number of aromatic nitrogens is 1. The van der Waals surface area contributed by atoms with Gasteiger partial charge in [0.15, 0.2) is 6.61 Å². The van der Waals surface area contributed by atoms with Crippen LogP contribution in [0.1, 0.15) is 32.4 Å². The predicted molar refractivity (Wildman–Crippen MR) is 162 cm³/mol. The fourth-order valence-corrected chi connectivity index (χ4v) is 6.65. The number of alkyl halides is 10. The van der Waals surface area contributed by atoms with Gasteiger partial charge < -0.3 is 9.47 Å². The summed E-state index contributed by atoms with van der Waals surface area (Å²) in [6, 6.07) is 3.41. The Morgan fingerprint density at radius 1 is 1.06 bits per heavy atom. The molecule has 258 valence electrons. The van der Waals surface area contributed by atoms with Gasteiger partial charge in [-0.05, 0) is 37.0 Å². The predicted octanol–water partition coefficient (Wildman–Crippen LogP) is 9.29. The van der Waals surface area contributed by atoms with Gasteiger partial charge in [-0.15, -0.1) is 0 Å². The molecule has 3 rings (SSSR count). The molecule has 18 heteroatoms. The van der Waals surface area contributed by atoms with Crippen molar-refractivity contribution in [3.05, 3.63) is 66.5 Å². The second kappa shape index (κ2) is 15.9. The lowest BCUT2D eigenvalue weighted by atomic mass is 10.00. The number of nitrogens with zero attached hydrogens (tertiary/aromatic N) is 4. The highest BCUT2D eigenvalue weighted by molar-refractivity contribution is 8.77. The number of hydrogen-bond acceptors (Lipinski definition) is 8. The summed E-state index contributed by atoms with van der Waals surface area (Å²) in [5.41, 5.74) is 1.28. The quantitative estimate of drug-likeness (QED) is 0.0831. The van der Waals surface area contributed by atoms with Crippen molar-refractivity contribution in [2.45, 2.75) is 67.1 Å². The Morgan fingerprint density at radius 3 is 2.36 bits per heavy atom. The summed E-state index contributed by atoms with van der Waals surface area (Å²) in [5, 5.41) is -0.367. The van der Waals surface area contributed by atoms with E-state index in [4.69, 9.17) is 9.47 Å². The third-order valence-electron chi connectivity index (χ3n) is 6.31. The summed E-state index contributed by atoms with van der Waals surface area (Å²) in [4.78, 5) is 17.6. The highest BCUT2D eigenvalue weighted by Crippen LogP contribution is 2.43. The molecule has 47 heavy (non-hydrogen) atoms. The Labute approximate surface area is 271 Å². The molecule has 2 aliphatic rings. The van der Waals surface area contributed by atoms with Crippen LogP contribution in [-0.2, 0) is 9.47 Å². The minimum atomic E-state index is -5.78. The third-order valence-corrected chi connectivity index (χ3v) is 9.22. The maximum atomic E-state index is 13.4. The molecule has 1 aromatic rings. The van der Waals surface area contributed by atoms with Crippen LogP contribution in [0.5, 0.6) is 0 Å². The highest BCUT2D eigenvalue weighted by Gasteiger charge is 2.58. The SMILES string of the molecule is C=C(N=C/C(=C\CC)OCC(F)(F)C(F)(F)F)C1=NC=CC(C)C1SSc1cccnc1C1=CCC(OCC(F)(F)C(F)(F)F)C=N1. The van der Waals surface area contributed by atoms with Gasteiger partial charge in [0.05, 0.1) is 34.7 Å². The molecule has 0 saturated heterocycles.